The molecule has 0 atom stereocenters. The molecule has 3 nitrogen and oxygen atoms in total. The number of nitrogens with zero attached hydrogens (tertiary/aromatic N) is 2. The average Bonchev–Trinajstić information content (AvgIpc) is 2.55. The molecule has 0 amide bonds. The molecule has 0 fully saturated rings. The maximum absolute atomic E-state index is 10.1. The van der Waals surface area contributed by atoms with E-state index in [1.54, 1.807) is 6.21 Å². The lowest BCUT2D eigenvalue weighted by molar-refractivity contribution is 0.454. The number of halogens is 1. The Morgan fingerprint density at radius 1 is 1.14 bits per heavy atom. The van der Waals surface area contributed by atoms with Crippen molar-refractivity contribution in [2.75, 3.05) is 0 Å². The summed E-state index contributed by atoms with van der Waals surface area (Å²) in [4.78, 5) is 8.64. The van der Waals surface area contributed by atoms with Crippen LogP contribution in [-0.4, -0.2) is 16.3 Å². The van der Waals surface area contributed by atoms with Crippen LogP contribution < -0.4 is 0 Å². The van der Waals surface area contributed by atoms with Gasteiger partial charge in [-0.3, -0.25) is 4.99 Å². The lowest BCUT2D eigenvalue weighted by Crippen LogP contribution is -1.93. The van der Waals surface area contributed by atoms with Crippen LogP contribution in [0.5, 0.6) is 5.88 Å². The molecule has 22 heavy (non-hydrogen) atoms. The summed E-state index contributed by atoms with van der Waals surface area (Å²) in [5.41, 5.74) is 4.23. The maximum Gasteiger partial charge on any atom is 0.220 e. The van der Waals surface area contributed by atoms with Crippen LogP contribution >= 0.6 is 11.6 Å². The van der Waals surface area contributed by atoms with Gasteiger partial charge in [0, 0.05) is 17.5 Å². The number of aromatic nitrogens is 1. The van der Waals surface area contributed by atoms with Gasteiger partial charge in [-0.2, -0.15) is 0 Å². The standard InChI is InChI=1S/C18H15ClN2O/c1-12-15-4-2-3-5-17(15)21-18(22)16(12)11-20-14-8-6-13(10-19)7-9-14/h2-9,11H,10H2,1H3,(H,21,22)/b20-11+. The number of para-hydroxylation sites is 1. The van der Waals surface area contributed by atoms with E-state index < -0.39 is 0 Å². The summed E-state index contributed by atoms with van der Waals surface area (Å²) in [5.74, 6) is 0.482. The number of hydrogen-bond acceptors (Lipinski definition) is 3. The van der Waals surface area contributed by atoms with Gasteiger partial charge in [0.2, 0.25) is 5.88 Å². The lowest BCUT2D eigenvalue weighted by atomic mass is 10.1. The highest BCUT2D eigenvalue weighted by atomic mass is 35.5. The molecule has 0 aliphatic heterocycles. The molecule has 1 N–H and O–H groups in total. The van der Waals surface area contributed by atoms with Crippen molar-refractivity contribution in [3.63, 3.8) is 0 Å². The number of fused-ring (bicyclic) bond motifs is 1. The van der Waals surface area contributed by atoms with Crippen LogP contribution in [0.3, 0.4) is 0 Å². The summed E-state index contributed by atoms with van der Waals surface area (Å²) >= 11 is 5.77. The van der Waals surface area contributed by atoms with Crippen molar-refractivity contribution in [3.05, 3.63) is 65.2 Å². The summed E-state index contributed by atoms with van der Waals surface area (Å²) in [6.45, 7) is 1.96. The van der Waals surface area contributed by atoms with Crippen molar-refractivity contribution >= 4 is 34.4 Å². The van der Waals surface area contributed by atoms with Crippen LogP contribution in [0, 0.1) is 6.92 Å². The molecule has 0 saturated carbocycles. The molecule has 110 valence electrons. The molecule has 0 spiro atoms. The van der Waals surface area contributed by atoms with Crippen molar-refractivity contribution < 1.29 is 5.11 Å². The first-order valence-electron chi connectivity index (χ1n) is 6.96. The zero-order chi connectivity index (χ0) is 15.5. The van der Waals surface area contributed by atoms with Crippen molar-refractivity contribution in [2.24, 2.45) is 4.99 Å². The third kappa shape index (κ3) is 2.81. The molecular formula is C18H15ClN2O. The van der Waals surface area contributed by atoms with Crippen LogP contribution in [0.15, 0.2) is 53.5 Å². The topological polar surface area (TPSA) is 45.5 Å². The number of hydrogen-bond donors (Lipinski definition) is 1. The molecule has 1 aromatic heterocycles. The van der Waals surface area contributed by atoms with Gasteiger partial charge in [-0.05, 0) is 36.2 Å². The first-order valence-corrected chi connectivity index (χ1v) is 7.50. The fourth-order valence-corrected chi connectivity index (χ4v) is 2.52. The molecule has 2 aromatic carbocycles. The van der Waals surface area contributed by atoms with Crippen LogP contribution in [0.25, 0.3) is 10.9 Å². The summed E-state index contributed by atoms with van der Waals surface area (Å²) in [7, 11) is 0. The van der Waals surface area contributed by atoms with Crippen molar-refractivity contribution in [3.8, 4) is 5.88 Å². The van der Waals surface area contributed by atoms with Gasteiger partial charge in [-0.25, -0.2) is 4.98 Å². The van der Waals surface area contributed by atoms with Gasteiger partial charge >= 0.3 is 0 Å². The van der Waals surface area contributed by atoms with E-state index in [1.165, 1.54) is 0 Å². The van der Waals surface area contributed by atoms with Gasteiger partial charge in [0.1, 0.15) is 0 Å². The van der Waals surface area contributed by atoms with Crippen LogP contribution in [0.4, 0.5) is 5.69 Å². The van der Waals surface area contributed by atoms with E-state index in [1.807, 2.05) is 55.5 Å². The van der Waals surface area contributed by atoms with E-state index in [2.05, 4.69) is 9.98 Å². The molecule has 0 bridgehead atoms. The van der Waals surface area contributed by atoms with E-state index in [4.69, 9.17) is 11.6 Å². The molecule has 0 aliphatic rings. The van der Waals surface area contributed by atoms with Gasteiger partial charge in [0.05, 0.1) is 16.8 Å². The first-order chi connectivity index (χ1) is 10.7. The fraction of sp³-hybridized carbons (Fsp3) is 0.111. The Morgan fingerprint density at radius 3 is 2.59 bits per heavy atom. The average molecular weight is 311 g/mol. The van der Waals surface area contributed by atoms with E-state index in [0.717, 1.165) is 27.7 Å². The first kappa shape index (κ1) is 14.5. The van der Waals surface area contributed by atoms with Crippen molar-refractivity contribution in [2.45, 2.75) is 12.8 Å². The Balaban J connectivity index is 2.00. The number of alkyl halides is 1. The van der Waals surface area contributed by atoms with Gasteiger partial charge in [-0.15, -0.1) is 11.6 Å². The summed E-state index contributed by atoms with van der Waals surface area (Å²) in [6, 6.07) is 15.4. The Kier molecular flexibility index (Phi) is 4.07. The maximum atomic E-state index is 10.1. The van der Waals surface area contributed by atoms with E-state index in [0.29, 0.717) is 11.4 Å². The van der Waals surface area contributed by atoms with Gasteiger partial charge in [0.25, 0.3) is 0 Å². The minimum Gasteiger partial charge on any atom is -0.493 e. The van der Waals surface area contributed by atoms with Crippen LogP contribution in [-0.2, 0) is 5.88 Å². The minimum absolute atomic E-state index is 0.00247. The smallest absolute Gasteiger partial charge is 0.220 e. The molecule has 3 rings (SSSR count). The summed E-state index contributed by atoms with van der Waals surface area (Å²) in [6.07, 6.45) is 1.65. The Morgan fingerprint density at radius 2 is 1.86 bits per heavy atom. The highest BCUT2D eigenvalue weighted by Crippen LogP contribution is 2.26. The summed E-state index contributed by atoms with van der Waals surface area (Å²) < 4.78 is 0. The molecule has 0 radical (unpaired) electrons. The van der Waals surface area contributed by atoms with Gasteiger partial charge in [-0.1, -0.05) is 30.3 Å². The largest absolute Gasteiger partial charge is 0.493 e. The Hall–Kier alpha value is -2.39. The lowest BCUT2D eigenvalue weighted by Gasteiger charge is -2.07. The third-order valence-electron chi connectivity index (χ3n) is 3.61. The van der Waals surface area contributed by atoms with Crippen LogP contribution in [0.1, 0.15) is 16.7 Å². The molecule has 3 aromatic rings. The van der Waals surface area contributed by atoms with Gasteiger partial charge in [0.15, 0.2) is 0 Å². The van der Waals surface area contributed by atoms with E-state index in [9.17, 15) is 5.11 Å². The second-order valence-electron chi connectivity index (χ2n) is 5.05. The molecule has 0 unspecified atom stereocenters. The van der Waals surface area contributed by atoms with E-state index in [-0.39, 0.29) is 5.88 Å². The second kappa shape index (κ2) is 6.16. The Labute approximate surface area is 133 Å². The highest BCUT2D eigenvalue weighted by Gasteiger charge is 2.09. The molecule has 0 saturated heterocycles. The molecule has 4 heteroatoms. The van der Waals surface area contributed by atoms with Crippen molar-refractivity contribution in [1.29, 1.82) is 0 Å². The molecule has 0 aliphatic carbocycles. The minimum atomic E-state index is -0.00247. The SMILES string of the molecule is Cc1c(/C=N/c2ccc(CCl)cc2)c(O)nc2ccccc12. The number of pyridine rings is 1. The number of aryl methyl sites for hydroxylation is 1. The van der Waals surface area contributed by atoms with Gasteiger partial charge < -0.3 is 5.11 Å². The highest BCUT2D eigenvalue weighted by molar-refractivity contribution is 6.17. The molecular weight excluding hydrogens is 296 g/mol. The monoisotopic (exact) mass is 310 g/mol. The quantitative estimate of drug-likeness (QED) is 0.561. The fourth-order valence-electron chi connectivity index (χ4n) is 2.34. The Bertz CT molecular complexity index is 842. The van der Waals surface area contributed by atoms with E-state index >= 15 is 0 Å². The predicted molar refractivity (Wildman–Crippen MR) is 91.4 cm³/mol. The van der Waals surface area contributed by atoms with Crippen molar-refractivity contribution in [1.82, 2.24) is 4.98 Å². The second-order valence-corrected chi connectivity index (χ2v) is 5.32. The predicted octanol–water partition coefficient (Wildman–Crippen LogP) is 4.74. The number of benzene rings is 2. The zero-order valence-corrected chi connectivity index (χ0v) is 12.9. The third-order valence-corrected chi connectivity index (χ3v) is 3.92. The number of rotatable bonds is 3. The normalized spacial score (nSPS) is 11.4. The van der Waals surface area contributed by atoms with Crippen LogP contribution in [0.2, 0.25) is 0 Å². The summed E-state index contributed by atoms with van der Waals surface area (Å²) in [5, 5.41) is 11.1. The molecule has 1 heterocycles. The number of aliphatic imine (C=N–C) groups is 1. The zero-order valence-electron chi connectivity index (χ0n) is 12.1. The number of aromatic hydroxyl groups is 1.